The topological polar surface area (TPSA) is 68.5 Å². The molecule has 3 rings (SSSR count). The first kappa shape index (κ1) is 19.5. The predicted molar refractivity (Wildman–Crippen MR) is 109 cm³/mol. The molecule has 0 bridgehead atoms. The molecule has 2 aromatic carbocycles. The SMILES string of the molecule is Cc1cc(C)c2c(c1)sc(=NC(=O)c1cccc(S(=O)(=O)C(C)C)c1)n2C. The molecule has 0 radical (unpaired) electrons. The molecule has 27 heavy (non-hydrogen) atoms. The standard InChI is InChI=1S/C20H22N2O3S2/c1-12(2)27(24,25)16-8-6-7-15(11-16)19(23)21-20-22(5)18-14(4)9-13(3)10-17(18)26-20/h6-12H,1-5H3. The van der Waals surface area contributed by atoms with Crippen LogP contribution >= 0.6 is 11.3 Å². The van der Waals surface area contributed by atoms with E-state index in [1.807, 2.05) is 25.5 Å². The van der Waals surface area contributed by atoms with E-state index in [1.165, 1.54) is 23.5 Å². The van der Waals surface area contributed by atoms with Crippen LogP contribution in [0.15, 0.2) is 46.3 Å². The summed E-state index contributed by atoms with van der Waals surface area (Å²) in [7, 11) is -1.56. The molecule has 0 saturated heterocycles. The average molecular weight is 403 g/mol. The molecule has 1 aromatic heterocycles. The van der Waals surface area contributed by atoms with Crippen LogP contribution in [0.1, 0.15) is 35.3 Å². The predicted octanol–water partition coefficient (Wildman–Crippen LogP) is 3.78. The van der Waals surface area contributed by atoms with E-state index >= 15 is 0 Å². The summed E-state index contributed by atoms with van der Waals surface area (Å²) < 4.78 is 27.7. The van der Waals surface area contributed by atoms with Crippen molar-refractivity contribution in [1.82, 2.24) is 4.57 Å². The first-order valence-electron chi connectivity index (χ1n) is 8.61. The molecule has 7 heteroatoms. The monoisotopic (exact) mass is 402 g/mol. The lowest BCUT2D eigenvalue weighted by atomic mass is 10.1. The Kier molecular flexibility index (Phi) is 5.10. The van der Waals surface area contributed by atoms with Crippen LogP contribution in [0.3, 0.4) is 0 Å². The summed E-state index contributed by atoms with van der Waals surface area (Å²) in [6.07, 6.45) is 0. The Morgan fingerprint density at radius 1 is 1.15 bits per heavy atom. The van der Waals surface area contributed by atoms with Crippen molar-refractivity contribution < 1.29 is 13.2 Å². The number of hydrogen-bond donors (Lipinski definition) is 0. The third-order valence-corrected chi connectivity index (χ3v) is 7.69. The maximum absolute atomic E-state index is 12.7. The van der Waals surface area contributed by atoms with E-state index in [1.54, 1.807) is 26.0 Å². The van der Waals surface area contributed by atoms with Gasteiger partial charge in [0.25, 0.3) is 5.91 Å². The minimum atomic E-state index is -3.44. The Morgan fingerprint density at radius 2 is 1.85 bits per heavy atom. The quantitative estimate of drug-likeness (QED) is 0.669. The minimum absolute atomic E-state index is 0.144. The summed E-state index contributed by atoms with van der Waals surface area (Å²) in [6, 6.07) is 10.3. The smallest absolute Gasteiger partial charge is 0.279 e. The van der Waals surface area contributed by atoms with E-state index in [0.717, 1.165) is 21.3 Å². The lowest BCUT2D eigenvalue weighted by Crippen LogP contribution is -2.16. The molecule has 142 valence electrons. The van der Waals surface area contributed by atoms with E-state index in [-0.39, 0.29) is 10.5 Å². The van der Waals surface area contributed by atoms with Gasteiger partial charge >= 0.3 is 0 Å². The number of aromatic nitrogens is 1. The van der Waals surface area contributed by atoms with Gasteiger partial charge in [0.1, 0.15) is 0 Å². The van der Waals surface area contributed by atoms with Gasteiger partial charge < -0.3 is 4.57 Å². The Balaban J connectivity index is 2.10. The number of thiazole rings is 1. The summed E-state index contributed by atoms with van der Waals surface area (Å²) >= 11 is 1.45. The molecule has 0 spiro atoms. The summed E-state index contributed by atoms with van der Waals surface area (Å²) in [5.74, 6) is -0.452. The van der Waals surface area contributed by atoms with Gasteiger partial charge in [-0.15, -0.1) is 0 Å². The van der Waals surface area contributed by atoms with Crippen LogP contribution in [0.25, 0.3) is 10.2 Å². The third kappa shape index (κ3) is 3.61. The number of amides is 1. The highest BCUT2D eigenvalue weighted by atomic mass is 32.2. The summed E-state index contributed by atoms with van der Waals surface area (Å²) in [5.41, 5.74) is 3.60. The second kappa shape index (κ2) is 7.05. The zero-order chi connectivity index (χ0) is 19.9. The van der Waals surface area contributed by atoms with Crippen molar-refractivity contribution in [2.45, 2.75) is 37.8 Å². The lowest BCUT2D eigenvalue weighted by Gasteiger charge is -2.08. The van der Waals surface area contributed by atoms with E-state index in [0.29, 0.717) is 4.80 Å². The van der Waals surface area contributed by atoms with Gasteiger partial charge in [-0.3, -0.25) is 4.79 Å². The van der Waals surface area contributed by atoms with Gasteiger partial charge in [-0.2, -0.15) is 4.99 Å². The number of fused-ring (bicyclic) bond motifs is 1. The van der Waals surface area contributed by atoms with E-state index < -0.39 is 21.0 Å². The van der Waals surface area contributed by atoms with Crippen LogP contribution in [-0.2, 0) is 16.9 Å². The molecule has 1 heterocycles. The molecular formula is C20H22N2O3S2. The van der Waals surface area contributed by atoms with Crippen LogP contribution < -0.4 is 4.80 Å². The van der Waals surface area contributed by atoms with Crippen molar-refractivity contribution in [2.75, 3.05) is 0 Å². The number of nitrogens with zero attached hydrogens (tertiary/aromatic N) is 2. The molecule has 0 unspecified atom stereocenters. The van der Waals surface area contributed by atoms with Crippen molar-refractivity contribution in [3.63, 3.8) is 0 Å². The van der Waals surface area contributed by atoms with E-state index in [2.05, 4.69) is 17.1 Å². The number of hydrogen-bond acceptors (Lipinski definition) is 4. The van der Waals surface area contributed by atoms with Gasteiger partial charge in [0.2, 0.25) is 0 Å². The number of carbonyl (C=O) groups excluding carboxylic acids is 1. The number of sulfone groups is 1. The molecule has 0 atom stereocenters. The largest absolute Gasteiger partial charge is 0.319 e. The molecule has 3 aromatic rings. The summed E-state index contributed by atoms with van der Waals surface area (Å²) in [5, 5.41) is -0.550. The van der Waals surface area contributed by atoms with E-state index in [4.69, 9.17) is 0 Å². The first-order chi connectivity index (χ1) is 12.6. The van der Waals surface area contributed by atoms with Crippen molar-refractivity contribution >= 4 is 37.3 Å². The molecule has 1 amide bonds. The van der Waals surface area contributed by atoms with Crippen LogP contribution in [0.4, 0.5) is 0 Å². The Labute approximate surface area is 162 Å². The Bertz CT molecular complexity index is 1220. The molecule has 0 aliphatic rings. The third-order valence-electron chi connectivity index (χ3n) is 4.46. The zero-order valence-corrected chi connectivity index (χ0v) is 17.6. The van der Waals surface area contributed by atoms with Crippen molar-refractivity contribution in [2.24, 2.45) is 12.0 Å². The number of rotatable bonds is 3. The van der Waals surface area contributed by atoms with Gasteiger partial charge in [-0.05, 0) is 63.1 Å². The molecule has 0 aliphatic carbocycles. The molecule has 5 nitrogen and oxygen atoms in total. The molecule has 0 fully saturated rings. The number of carbonyl (C=O) groups is 1. The van der Waals surface area contributed by atoms with Crippen molar-refractivity contribution in [3.05, 3.63) is 57.9 Å². The average Bonchev–Trinajstić information content (AvgIpc) is 2.90. The molecule has 0 saturated carbocycles. The molecular weight excluding hydrogens is 380 g/mol. The minimum Gasteiger partial charge on any atom is -0.319 e. The maximum Gasteiger partial charge on any atom is 0.279 e. The van der Waals surface area contributed by atoms with Gasteiger partial charge in [0, 0.05) is 12.6 Å². The van der Waals surface area contributed by atoms with Crippen LogP contribution in [0.5, 0.6) is 0 Å². The van der Waals surface area contributed by atoms with Crippen LogP contribution in [-0.4, -0.2) is 24.1 Å². The van der Waals surface area contributed by atoms with Gasteiger partial charge in [0.15, 0.2) is 14.6 Å². The highest BCUT2D eigenvalue weighted by molar-refractivity contribution is 7.92. The lowest BCUT2D eigenvalue weighted by molar-refractivity contribution is 0.0997. The van der Waals surface area contributed by atoms with Gasteiger partial charge in [-0.1, -0.05) is 23.5 Å². The van der Waals surface area contributed by atoms with E-state index in [9.17, 15) is 13.2 Å². The number of benzene rings is 2. The van der Waals surface area contributed by atoms with Crippen molar-refractivity contribution in [1.29, 1.82) is 0 Å². The normalized spacial score (nSPS) is 12.9. The zero-order valence-electron chi connectivity index (χ0n) is 16.0. The maximum atomic E-state index is 12.7. The number of aryl methyl sites for hydroxylation is 3. The molecule has 0 aliphatic heterocycles. The van der Waals surface area contributed by atoms with Gasteiger partial charge in [-0.25, -0.2) is 8.42 Å². The first-order valence-corrected chi connectivity index (χ1v) is 11.0. The second-order valence-corrected chi connectivity index (χ2v) is 10.4. The Hall–Kier alpha value is -2.25. The summed E-state index contributed by atoms with van der Waals surface area (Å²) in [4.78, 5) is 17.7. The fourth-order valence-corrected chi connectivity index (χ4v) is 5.32. The van der Waals surface area contributed by atoms with Crippen LogP contribution in [0.2, 0.25) is 0 Å². The highest BCUT2D eigenvalue weighted by Crippen LogP contribution is 2.22. The fraction of sp³-hybridized carbons (Fsp3) is 0.300. The van der Waals surface area contributed by atoms with Crippen LogP contribution in [0, 0.1) is 13.8 Å². The van der Waals surface area contributed by atoms with Crippen molar-refractivity contribution in [3.8, 4) is 0 Å². The Morgan fingerprint density at radius 3 is 2.52 bits per heavy atom. The summed E-state index contributed by atoms with van der Waals surface area (Å²) in [6.45, 7) is 7.31. The second-order valence-electron chi connectivity index (χ2n) is 6.91. The highest BCUT2D eigenvalue weighted by Gasteiger charge is 2.20. The fourth-order valence-electron chi connectivity index (χ4n) is 3.02. The molecule has 0 N–H and O–H groups in total. The van der Waals surface area contributed by atoms with Gasteiger partial charge in [0.05, 0.1) is 20.4 Å².